The van der Waals surface area contributed by atoms with E-state index in [1.54, 1.807) is 30.3 Å². The molecule has 0 saturated heterocycles. The van der Waals surface area contributed by atoms with Gasteiger partial charge in [0.2, 0.25) is 0 Å². The van der Waals surface area contributed by atoms with E-state index in [1.807, 2.05) is 30.3 Å². The molecule has 0 radical (unpaired) electrons. The van der Waals surface area contributed by atoms with Crippen LogP contribution in [0.15, 0.2) is 77.1 Å². The molecule has 3 rings (SSSR count). The number of benzene rings is 2. The van der Waals surface area contributed by atoms with Crippen LogP contribution in [-0.2, 0) is 6.54 Å². The maximum atomic E-state index is 12.7. The second kappa shape index (κ2) is 7.48. The van der Waals surface area contributed by atoms with Crippen LogP contribution >= 0.6 is 0 Å². The second-order valence-corrected chi connectivity index (χ2v) is 5.55. The largest absolute Gasteiger partial charge is 0.506 e. The lowest BCUT2D eigenvalue weighted by atomic mass is 10.1. The number of rotatable bonds is 5. The van der Waals surface area contributed by atoms with E-state index in [-0.39, 0.29) is 17.9 Å². The number of hydrogen-bond donors (Lipinski definition) is 2. The summed E-state index contributed by atoms with van der Waals surface area (Å²) in [7, 11) is 0. The number of amides is 1. The highest BCUT2D eigenvalue weighted by molar-refractivity contribution is 6.02. The first-order valence-corrected chi connectivity index (χ1v) is 7.97. The average Bonchev–Trinajstić information content (AvgIpc) is 2.66. The molecule has 0 aliphatic carbocycles. The van der Waals surface area contributed by atoms with E-state index in [9.17, 15) is 14.7 Å². The van der Waals surface area contributed by atoms with Gasteiger partial charge in [-0.1, -0.05) is 48.5 Å². The minimum Gasteiger partial charge on any atom is -0.506 e. The summed E-state index contributed by atoms with van der Waals surface area (Å²) in [5.74, 6) is -1.14. The molecule has 0 aliphatic heterocycles. The summed E-state index contributed by atoms with van der Waals surface area (Å²) in [5, 5.41) is 14.7. The fraction of sp³-hybridized carbons (Fsp3) is 0.0500. The smallest absolute Gasteiger partial charge is 0.280 e. The summed E-state index contributed by atoms with van der Waals surface area (Å²) >= 11 is 0. The fourth-order valence-corrected chi connectivity index (χ4v) is 2.67. The van der Waals surface area contributed by atoms with Gasteiger partial charge < -0.3 is 9.67 Å². The molecule has 3 aromatic rings. The lowest BCUT2D eigenvalue weighted by molar-refractivity contribution is 0.0950. The van der Waals surface area contributed by atoms with Crippen LogP contribution in [0, 0.1) is 0 Å². The van der Waals surface area contributed by atoms with Gasteiger partial charge in [-0.2, -0.15) is 5.10 Å². The molecule has 130 valence electrons. The predicted octanol–water partition coefficient (Wildman–Crippen LogP) is 2.66. The van der Waals surface area contributed by atoms with Crippen molar-refractivity contribution in [3.05, 3.63) is 88.7 Å². The van der Waals surface area contributed by atoms with Crippen molar-refractivity contribution >= 4 is 23.0 Å². The van der Waals surface area contributed by atoms with Crippen LogP contribution in [0.2, 0.25) is 0 Å². The lowest BCUT2D eigenvalue weighted by Crippen LogP contribution is -2.31. The number of para-hydroxylation sites is 1. The van der Waals surface area contributed by atoms with E-state index in [0.29, 0.717) is 10.9 Å². The molecule has 0 unspecified atom stereocenters. The van der Waals surface area contributed by atoms with Crippen LogP contribution in [0.25, 0.3) is 10.9 Å². The summed E-state index contributed by atoms with van der Waals surface area (Å²) in [6.45, 7) is 3.85. The summed E-state index contributed by atoms with van der Waals surface area (Å²) in [5.41, 5.74) is 2.66. The van der Waals surface area contributed by atoms with Crippen molar-refractivity contribution in [2.24, 2.45) is 5.10 Å². The van der Waals surface area contributed by atoms with Crippen molar-refractivity contribution in [2.75, 3.05) is 0 Å². The standard InChI is InChI=1S/C20H17N3O3/c1-2-12-23-16-11-7-6-10-15(16)18(24)17(20(23)26)19(25)22-21-13-14-8-4-3-5-9-14/h2-11,13,24H,1,12H2,(H,22,25)/b21-13+. The number of aromatic nitrogens is 1. The van der Waals surface area contributed by atoms with Crippen molar-refractivity contribution in [2.45, 2.75) is 6.54 Å². The number of pyridine rings is 1. The maximum absolute atomic E-state index is 12.7. The molecule has 0 aliphatic rings. The van der Waals surface area contributed by atoms with Crippen LogP contribution in [0.1, 0.15) is 15.9 Å². The number of allylic oxidation sites excluding steroid dienone is 1. The number of aromatic hydroxyl groups is 1. The molecule has 1 heterocycles. The van der Waals surface area contributed by atoms with Crippen LogP contribution < -0.4 is 11.0 Å². The molecule has 6 heteroatoms. The Labute approximate surface area is 149 Å². The third-order valence-electron chi connectivity index (χ3n) is 3.86. The number of carbonyl (C=O) groups is 1. The Kier molecular flexibility index (Phi) is 4.94. The number of fused-ring (bicyclic) bond motifs is 1. The Morgan fingerprint density at radius 2 is 1.85 bits per heavy atom. The zero-order valence-electron chi connectivity index (χ0n) is 13.9. The van der Waals surface area contributed by atoms with Gasteiger partial charge in [-0.3, -0.25) is 9.59 Å². The highest BCUT2D eigenvalue weighted by Gasteiger charge is 2.21. The molecule has 0 atom stereocenters. The first-order chi connectivity index (χ1) is 12.6. The van der Waals surface area contributed by atoms with Crippen LogP contribution in [0.4, 0.5) is 0 Å². The number of hydrogen-bond acceptors (Lipinski definition) is 4. The van der Waals surface area contributed by atoms with E-state index in [4.69, 9.17) is 0 Å². The van der Waals surface area contributed by atoms with Gasteiger partial charge in [-0.05, 0) is 17.7 Å². The van der Waals surface area contributed by atoms with E-state index in [2.05, 4.69) is 17.1 Å². The van der Waals surface area contributed by atoms with Crippen molar-refractivity contribution in [1.29, 1.82) is 0 Å². The zero-order valence-corrected chi connectivity index (χ0v) is 13.9. The van der Waals surface area contributed by atoms with Gasteiger partial charge in [0.15, 0.2) is 0 Å². The molecule has 1 aromatic heterocycles. The molecule has 0 saturated carbocycles. The van der Waals surface area contributed by atoms with Crippen molar-refractivity contribution in [1.82, 2.24) is 9.99 Å². The lowest BCUT2D eigenvalue weighted by Gasteiger charge is -2.12. The SMILES string of the molecule is C=CCn1c(=O)c(C(=O)N/N=C/c2ccccc2)c(O)c2ccccc21. The number of nitrogens with one attached hydrogen (secondary N) is 1. The Bertz CT molecular complexity index is 1050. The molecular formula is C20H17N3O3. The molecule has 0 fully saturated rings. The molecule has 6 nitrogen and oxygen atoms in total. The summed E-state index contributed by atoms with van der Waals surface area (Å²) < 4.78 is 1.39. The van der Waals surface area contributed by atoms with E-state index in [0.717, 1.165) is 5.56 Å². The van der Waals surface area contributed by atoms with E-state index < -0.39 is 11.5 Å². The van der Waals surface area contributed by atoms with Gasteiger partial charge in [0.05, 0.1) is 11.7 Å². The highest BCUT2D eigenvalue weighted by atomic mass is 16.3. The summed E-state index contributed by atoms with van der Waals surface area (Å²) in [6.07, 6.45) is 3.01. The first kappa shape index (κ1) is 17.2. The molecule has 0 bridgehead atoms. The molecule has 0 spiro atoms. The van der Waals surface area contributed by atoms with Crippen molar-refractivity contribution in [3.63, 3.8) is 0 Å². The first-order valence-electron chi connectivity index (χ1n) is 7.97. The topological polar surface area (TPSA) is 83.7 Å². The van der Waals surface area contributed by atoms with Crippen molar-refractivity contribution in [3.8, 4) is 5.75 Å². The van der Waals surface area contributed by atoms with Gasteiger partial charge in [0, 0.05) is 11.9 Å². The summed E-state index contributed by atoms with van der Waals surface area (Å²) in [4.78, 5) is 25.2. The van der Waals surface area contributed by atoms with Crippen LogP contribution in [0.3, 0.4) is 0 Å². The predicted molar refractivity (Wildman–Crippen MR) is 102 cm³/mol. The van der Waals surface area contributed by atoms with Crippen LogP contribution in [0.5, 0.6) is 5.75 Å². The molecule has 2 N–H and O–H groups in total. The Morgan fingerprint density at radius 3 is 2.58 bits per heavy atom. The van der Waals surface area contributed by atoms with Gasteiger partial charge in [-0.15, -0.1) is 6.58 Å². The van der Waals surface area contributed by atoms with Gasteiger partial charge in [0.1, 0.15) is 11.3 Å². The van der Waals surface area contributed by atoms with Crippen LogP contribution in [-0.4, -0.2) is 21.8 Å². The number of nitrogens with zero attached hydrogens (tertiary/aromatic N) is 2. The normalized spacial score (nSPS) is 10.9. The Morgan fingerprint density at radius 1 is 1.15 bits per heavy atom. The number of carbonyl (C=O) groups excluding carboxylic acids is 1. The van der Waals surface area contributed by atoms with Gasteiger partial charge >= 0.3 is 0 Å². The Balaban J connectivity index is 2.01. The minimum absolute atomic E-state index is 0.215. The van der Waals surface area contributed by atoms with Gasteiger partial charge in [0.25, 0.3) is 11.5 Å². The third kappa shape index (κ3) is 3.25. The van der Waals surface area contributed by atoms with E-state index in [1.165, 1.54) is 10.8 Å². The fourth-order valence-electron chi connectivity index (χ4n) is 2.67. The van der Waals surface area contributed by atoms with E-state index >= 15 is 0 Å². The third-order valence-corrected chi connectivity index (χ3v) is 3.86. The highest BCUT2D eigenvalue weighted by Crippen LogP contribution is 2.26. The minimum atomic E-state index is -0.775. The quantitative estimate of drug-likeness (QED) is 0.423. The zero-order chi connectivity index (χ0) is 18.5. The average molecular weight is 347 g/mol. The second-order valence-electron chi connectivity index (χ2n) is 5.55. The molecular weight excluding hydrogens is 330 g/mol. The Hall–Kier alpha value is -3.67. The molecule has 1 amide bonds. The maximum Gasteiger partial charge on any atom is 0.280 e. The monoisotopic (exact) mass is 347 g/mol. The summed E-state index contributed by atoms with van der Waals surface area (Å²) in [6, 6.07) is 16.0. The number of hydrazone groups is 1. The molecule has 2 aromatic carbocycles. The van der Waals surface area contributed by atoms with Crippen molar-refractivity contribution < 1.29 is 9.90 Å². The van der Waals surface area contributed by atoms with Gasteiger partial charge in [-0.25, -0.2) is 5.43 Å². The molecule has 26 heavy (non-hydrogen) atoms.